The molecule has 112 valence electrons. The minimum Gasteiger partial charge on any atom is -0.384 e. The van der Waals surface area contributed by atoms with Gasteiger partial charge in [-0.05, 0) is 37.0 Å². The zero-order chi connectivity index (χ0) is 15.2. The molecule has 1 unspecified atom stereocenters. The molecule has 1 aliphatic rings. The summed E-state index contributed by atoms with van der Waals surface area (Å²) in [6.07, 6.45) is 3.20. The van der Waals surface area contributed by atoms with Crippen molar-refractivity contribution in [3.05, 3.63) is 35.1 Å². The Balaban J connectivity index is 2.15. The van der Waals surface area contributed by atoms with E-state index in [1.165, 1.54) is 18.2 Å². The highest BCUT2D eigenvalue weighted by Crippen LogP contribution is 2.23. The number of carbonyl (C=O) groups excluding carboxylic acids is 1. The number of carbonyl (C=O) groups is 1. The fourth-order valence-electron chi connectivity index (χ4n) is 2.74. The van der Waals surface area contributed by atoms with E-state index in [2.05, 4.69) is 18.8 Å². The summed E-state index contributed by atoms with van der Waals surface area (Å²) in [5, 5.41) is 8.69. The number of hydrogen-bond acceptors (Lipinski definition) is 2. The Morgan fingerprint density at radius 1 is 1.52 bits per heavy atom. The first-order chi connectivity index (χ1) is 10.2. The van der Waals surface area contributed by atoms with Crippen LogP contribution >= 0.6 is 0 Å². The average Bonchev–Trinajstić information content (AvgIpc) is 2.95. The van der Waals surface area contributed by atoms with E-state index in [4.69, 9.17) is 5.11 Å². The maximum absolute atomic E-state index is 13.9. The number of amides is 1. The number of aliphatic hydroxyl groups is 1. The Morgan fingerprint density at radius 3 is 3.05 bits per heavy atom. The number of nitrogens with zero attached hydrogens (tertiary/aromatic N) is 1. The van der Waals surface area contributed by atoms with Gasteiger partial charge in [0.1, 0.15) is 12.4 Å². The smallest absolute Gasteiger partial charge is 0.256 e. The van der Waals surface area contributed by atoms with Crippen LogP contribution in [0.4, 0.5) is 4.39 Å². The Labute approximate surface area is 124 Å². The first-order valence-electron chi connectivity index (χ1n) is 7.34. The fraction of sp³-hybridized carbons (Fsp3) is 0.471. The van der Waals surface area contributed by atoms with Crippen LogP contribution in [-0.2, 0) is 0 Å². The third kappa shape index (κ3) is 3.83. The van der Waals surface area contributed by atoms with E-state index in [1.807, 2.05) is 0 Å². The minimum atomic E-state index is -0.520. The highest BCUT2D eigenvalue weighted by molar-refractivity contribution is 5.95. The van der Waals surface area contributed by atoms with Crippen molar-refractivity contribution >= 4 is 5.91 Å². The van der Waals surface area contributed by atoms with Gasteiger partial charge in [0.15, 0.2) is 0 Å². The van der Waals surface area contributed by atoms with Crippen molar-refractivity contribution in [3.8, 4) is 11.8 Å². The minimum absolute atomic E-state index is 0.0666. The van der Waals surface area contributed by atoms with E-state index in [-0.39, 0.29) is 18.1 Å². The van der Waals surface area contributed by atoms with Gasteiger partial charge in [-0.2, -0.15) is 0 Å². The molecule has 1 aliphatic heterocycles. The van der Waals surface area contributed by atoms with Crippen LogP contribution in [0, 0.1) is 23.6 Å². The van der Waals surface area contributed by atoms with Crippen molar-refractivity contribution in [1.29, 1.82) is 0 Å². The van der Waals surface area contributed by atoms with Crippen LogP contribution < -0.4 is 0 Å². The normalized spacial score (nSPS) is 17.5. The van der Waals surface area contributed by atoms with Gasteiger partial charge in [-0.3, -0.25) is 4.79 Å². The predicted octanol–water partition coefficient (Wildman–Crippen LogP) is 2.43. The summed E-state index contributed by atoms with van der Waals surface area (Å²) in [6, 6.07) is 4.24. The lowest BCUT2D eigenvalue weighted by atomic mass is 10.0. The van der Waals surface area contributed by atoms with Gasteiger partial charge in [-0.15, -0.1) is 0 Å². The number of halogens is 1. The molecule has 1 fully saturated rings. The Hall–Kier alpha value is -1.86. The Bertz CT molecular complexity index is 574. The lowest BCUT2D eigenvalue weighted by Crippen LogP contribution is -2.29. The second-order valence-electron chi connectivity index (χ2n) is 5.35. The van der Waals surface area contributed by atoms with Gasteiger partial charge >= 0.3 is 0 Å². The van der Waals surface area contributed by atoms with Gasteiger partial charge in [-0.1, -0.05) is 25.2 Å². The van der Waals surface area contributed by atoms with Crippen molar-refractivity contribution < 1.29 is 14.3 Å². The van der Waals surface area contributed by atoms with E-state index in [0.717, 1.165) is 19.3 Å². The molecule has 2 rings (SSSR count). The average molecular weight is 289 g/mol. The molecule has 1 heterocycles. The number of rotatable bonds is 3. The lowest BCUT2D eigenvalue weighted by molar-refractivity contribution is 0.0782. The first kappa shape index (κ1) is 15.5. The van der Waals surface area contributed by atoms with Crippen LogP contribution in [-0.4, -0.2) is 35.6 Å². The lowest BCUT2D eigenvalue weighted by Gasteiger charge is -2.17. The van der Waals surface area contributed by atoms with Crippen LogP contribution in [0.25, 0.3) is 0 Å². The Morgan fingerprint density at radius 2 is 2.33 bits per heavy atom. The molecule has 4 heteroatoms. The summed E-state index contributed by atoms with van der Waals surface area (Å²) in [4.78, 5) is 14.2. The van der Waals surface area contributed by atoms with Gasteiger partial charge < -0.3 is 10.0 Å². The summed E-state index contributed by atoms with van der Waals surface area (Å²) >= 11 is 0. The molecule has 1 N–H and O–H groups in total. The fourth-order valence-corrected chi connectivity index (χ4v) is 2.74. The van der Waals surface area contributed by atoms with Crippen molar-refractivity contribution in [2.24, 2.45) is 5.92 Å². The molecule has 0 spiro atoms. The molecular weight excluding hydrogens is 269 g/mol. The summed E-state index contributed by atoms with van der Waals surface area (Å²) in [5.41, 5.74) is 0.606. The maximum atomic E-state index is 13.9. The molecule has 0 bridgehead atoms. The highest BCUT2D eigenvalue weighted by Gasteiger charge is 2.27. The molecule has 1 aromatic carbocycles. The van der Waals surface area contributed by atoms with Crippen molar-refractivity contribution in [2.75, 3.05) is 19.7 Å². The van der Waals surface area contributed by atoms with Gasteiger partial charge in [0.05, 0.1) is 5.56 Å². The molecule has 1 atom stereocenters. The molecule has 21 heavy (non-hydrogen) atoms. The number of benzene rings is 1. The highest BCUT2D eigenvalue weighted by atomic mass is 19.1. The Kier molecular flexibility index (Phi) is 5.35. The quantitative estimate of drug-likeness (QED) is 0.868. The van der Waals surface area contributed by atoms with Crippen LogP contribution in [0.5, 0.6) is 0 Å². The molecule has 0 aliphatic carbocycles. The topological polar surface area (TPSA) is 40.5 Å². The standard InChI is InChI=1S/C17H20FNO2/c1-2-4-14-8-9-19(12-14)17(21)15-11-13(5-3-10-20)6-7-16(15)18/h6-7,11,14,20H,2,4,8-10,12H2,1H3. The second kappa shape index (κ2) is 7.24. The second-order valence-corrected chi connectivity index (χ2v) is 5.35. The zero-order valence-electron chi connectivity index (χ0n) is 12.2. The van der Waals surface area contributed by atoms with E-state index < -0.39 is 5.82 Å². The number of hydrogen-bond donors (Lipinski definition) is 1. The van der Waals surface area contributed by atoms with E-state index in [1.54, 1.807) is 4.90 Å². The van der Waals surface area contributed by atoms with E-state index in [0.29, 0.717) is 24.6 Å². The zero-order valence-corrected chi connectivity index (χ0v) is 12.2. The predicted molar refractivity (Wildman–Crippen MR) is 79.3 cm³/mol. The first-order valence-corrected chi connectivity index (χ1v) is 7.34. The molecule has 3 nitrogen and oxygen atoms in total. The summed E-state index contributed by atoms with van der Waals surface area (Å²) < 4.78 is 13.9. The van der Waals surface area contributed by atoms with Gasteiger partial charge in [0, 0.05) is 18.7 Å². The monoisotopic (exact) mass is 289 g/mol. The summed E-state index contributed by atoms with van der Waals surface area (Å²) in [6.45, 7) is 3.27. The van der Waals surface area contributed by atoms with Crippen LogP contribution in [0.3, 0.4) is 0 Å². The third-order valence-corrected chi connectivity index (χ3v) is 3.78. The largest absolute Gasteiger partial charge is 0.384 e. The van der Waals surface area contributed by atoms with Crippen molar-refractivity contribution in [1.82, 2.24) is 4.90 Å². The van der Waals surface area contributed by atoms with E-state index in [9.17, 15) is 9.18 Å². The molecule has 1 saturated heterocycles. The molecule has 1 aromatic rings. The van der Waals surface area contributed by atoms with Crippen molar-refractivity contribution in [2.45, 2.75) is 26.2 Å². The summed E-state index contributed by atoms with van der Waals surface area (Å²) in [5.74, 6) is 4.94. The molecule has 0 aromatic heterocycles. The van der Waals surface area contributed by atoms with Crippen LogP contribution in [0.1, 0.15) is 42.1 Å². The number of likely N-dealkylation sites (tertiary alicyclic amines) is 1. The third-order valence-electron chi connectivity index (χ3n) is 3.78. The van der Waals surface area contributed by atoms with Gasteiger partial charge in [-0.25, -0.2) is 4.39 Å². The molecular formula is C17H20FNO2. The van der Waals surface area contributed by atoms with Crippen molar-refractivity contribution in [3.63, 3.8) is 0 Å². The van der Waals surface area contributed by atoms with E-state index >= 15 is 0 Å². The van der Waals surface area contributed by atoms with Gasteiger partial charge in [0.25, 0.3) is 5.91 Å². The number of aliphatic hydroxyl groups excluding tert-OH is 1. The molecule has 1 amide bonds. The maximum Gasteiger partial charge on any atom is 0.256 e. The molecule has 0 saturated carbocycles. The summed E-state index contributed by atoms with van der Waals surface area (Å²) in [7, 11) is 0. The van der Waals surface area contributed by atoms with Gasteiger partial charge in [0.2, 0.25) is 0 Å². The molecule has 0 radical (unpaired) electrons. The van der Waals surface area contributed by atoms with Crippen LogP contribution in [0.15, 0.2) is 18.2 Å². The van der Waals surface area contributed by atoms with Crippen LogP contribution in [0.2, 0.25) is 0 Å². The SMILES string of the molecule is CCCC1CCN(C(=O)c2cc(C#CCO)ccc2F)C1.